The smallest absolute Gasteiger partial charge is 0.286 e. The maximum absolute atomic E-state index is 14.0. The molecule has 2 saturated heterocycles. The Bertz CT molecular complexity index is 2150. The van der Waals surface area contributed by atoms with Crippen LogP contribution in [-0.4, -0.2) is 79.6 Å². The summed E-state index contributed by atoms with van der Waals surface area (Å²) in [5.74, 6) is 2.67. The minimum Gasteiger partial charge on any atom is -0.494 e. The van der Waals surface area contributed by atoms with Crippen molar-refractivity contribution >= 4 is 51.2 Å². The van der Waals surface area contributed by atoms with Crippen LogP contribution in [0.4, 0.5) is 5.82 Å². The average molecular weight is 680 g/mol. The molecule has 9 rings (SSSR count). The Morgan fingerprint density at radius 3 is 2.49 bits per heavy atom. The lowest BCUT2D eigenvalue weighted by atomic mass is 9.99. The van der Waals surface area contributed by atoms with Gasteiger partial charge in [0.2, 0.25) is 5.82 Å². The number of nitrogens with zero attached hydrogens (tertiary/aromatic N) is 7. The zero-order valence-electron chi connectivity index (χ0n) is 27.3. The molecule has 2 saturated carbocycles. The van der Waals surface area contributed by atoms with E-state index in [2.05, 4.69) is 36.1 Å². The summed E-state index contributed by atoms with van der Waals surface area (Å²) in [6.07, 6.45) is 6.00. The van der Waals surface area contributed by atoms with Gasteiger partial charge in [0.25, 0.3) is 11.8 Å². The molecule has 49 heavy (non-hydrogen) atoms. The van der Waals surface area contributed by atoms with Crippen molar-refractivity contribution < 1.29 is 14.3 Å². The number of rotatable bonds is 9. The molecule has 5 heterocycles. The number of carbonyl (C=O) groups excluding carboxylic acids is 2. The number of hydrogen-bond donors (Lipinski definition) is 2. The number of ether oxygens (including phenoxy) is 1. The second kappa shape index (κ2) is 11.4. The fourth-order valence-corrected chi connectivity index (χ4v) is 8.44. The lowest BCUT2D eigenvalue weighted by Gasteiger charge is -2.40. The zero-order valence-corrected chi connectivity index (χ0v) is 28.0. The Morgan fingerprint density at radius 2 is 1.78 bits per heavy atom. The van der Waals surface area contributed by atoms with Gasteiger partial charge in [-0.05, 0) is 73.9 Å². The first-order chi connectivity index (χ1) is 23.7. The van der Waals surface area contributed by atoms with Gasteiger partial charge in [-0.3, -0.25) is 9.59 Å². The lowest BCUT2D eigenvalue weighted by Crippen LogP contribution is -2.49. The highest BCUT2D eigenvalue weighted by Gasteiger charge is 2.47. The molecule has 0 unspecified atom stereocenters. The largest absolute Gasteiger partial charge is 0.494 e. The molecule has 12 nitrogen and oxygen atoms in total. The molecule has 4 fully saturated rings. The van der Waals surface area contributed by atoms with Crippen molar-refractivity contribution in [2.75, 3.05) is 31.6 Å². The Labute approximate surface area is 288 Å². The molecule has 3 atom stereocenters. The molecular weight excluding hydrogens is 642 g/mol. The molecule has 2 amide bonds. The van der Waals surface area contributed by atoms with E-state index in [0.29, 0.717) is 52.6 Å². The van der Waals surface area contributed by atoms with E-state index in [9.17, 15) is 9.59 Å². The number of aromatic nitrogens is 5. The van der Waals surface area contributed by atoms with Crippen LogP contribution in [0.25, 0.3) is 33.5 Å². The summed E-state index contributed by atoms with van der Waals surface area (Å²) >= 11 is 6.52. The fourth-order valence-electron chi connectivity index (χ4n) is 8.27. The molecule has 0 radical (unpaired) electrons. The molecule has 2 aliphatic carbocycles. The second-order valence-corrected chi connectivity index (χ2v) is 14.6. The van der Waals surface area contributed by atoms with Crippen LogP contribution in [0.1, 0.15) is 46.7 Å². The van der Waals surface area contributed by atoms with Crippen LogP contribution in [0.15, 0.2) is 48.7 Å². The van der Waals surface area contributed by atoms with Crippen LogP contribution >= 0.6 is 11.6 Å². The number of anilines is 1. The highest BCUT2D eigenvalue weighted by atomic mass is 35.5. The van der Waals surface area contributed by atoms with Gasteiger partial charge in [-0.1, -0.05) is 17.7 Å². The van der Waals surface area contributed by atoms with Crippen LogP contribution in [0.3, 0.4) is 0 Å². The Kier molecular flexibility index (Phi) is 7.10. The molecular formula is C36H38ClN9O3. The number of piperidine rings is 1. The molecule has 2 bridgehead atoms. The molecule has 3 aromatic heterocycles. The predicted molar refractivity (Wildman–Crippen MR) is 187 cm³/mol. The monoisotopic (exact) mass is 679 g/mol. The molecule has 4 N–H and O–H groups in total. The van der Waals surface area contributed by atoms with E-state index in [1.165, 1.54) is 12.8 Å². The molecule has 4 aliphatic rings. The maximum Gasteiger partial charge on any atom is 0.286 e. The van der Waals surface area contributed by atoms with Crippen molar-refractivity contribution in [2.24, 2.45) is 29.2 Å². The van der Waals surface area contributed by atoms with Gasteiger partial charge in [0.05, 0.1) is 23.8 Å². The van der Waals surface area contributed by atoms with Gasteiger partial charge in [-0.15, -0.1) is 0 Å². The van der Waals surface area contributed by atoms with Crippen LogP contribution < -0.4 is 21.1 Å². The van der Waals surface area contributed by atoms with E-state index in [-0.39, 0.29) is 29.7 Å². The van der Waals surface area contributed by atoms with Gasteiger partial charge >= 0.3 is 0 Å². The number of carbonyl (C=O) groups is 2. The molecule has 13 heteroatoms. The van der Waals surface area contributed by atoms with Gasteiger partial charge in [-0.25, -0.2) is 15.0 Å². The number of methoxy groups -OCH3 is 1. The number of amides is 2. The number of likely N-dealkylation sites (tertiary alicyclic amines) is 1. The van der Waals surface area contributed by atoms with E-state index in [4.69, 9.17) is 32.8 Å². The van der Waals surface area contributed by atoms with E-state index in [1.54, 1.807) is 19.4 Å². The Balaban J connectivity index is 1.13. The third kappa shape index (κ3) is 5.11. The zero-order chi connectivity index (χ0) is 33.6. The van der Waals surface area contributed by atoms with Crippen molar-refractivity contribution in [2.45, 2.75) is 50.9 Å². The summed E-state index contributed by atoms with van der Waals surface area (Å²) < 4.78 is 10.7. The minimum atomic E-state index is -0.652. The highest BCUT2D eigenvalue weighted by Crippen LogP contribution is 2.41. The lowest BCUT2D eigenvalue weighted by molar-refractivity contribution is 0.0700. The topological polar surface area (TPSA) is 150 Å². The van der Waals surface area contributed by atoms with Crippen LogP contribution in [-0.2, 0) is 13.1 Å². The summed E-state index contributed by atoms with van der Waals surface area (Å²) in [5, 5.41) is 1.80. The number of primary amides is 1. The number of fused-ring (bicyclic) bond motifs is 4. The quantitative estimate of drug-likeness (QED) is 0.234. The fraction of sp³-hybridized carbons (Fsp3) is 0.417. The number of nitrogens with two attached hydrogens (primary N) is 2. The number of imidazole rings is 1. The summed E-state index contributed by atoms with van der Waals surface area (Å²) in [6.45, 7) is 3.70. The molecule has 5 aromatic rings. The summed E-state index contributed by atoms with van der Waals surface area (Å²) in [6, 6.07) is 13.9. The van der Waals surface area contributed by atoms with Crippen LogP contribution in [0.5, 0.6) is 5.75 Å². The second-order valence-electron chi connectivity index (χ2n) is 14.2. The van der Waals surface area contributed by atoms with Crippen molar-refractivity contribution in [3.63, 3.8) is 0 Å². The van der Waals surface area contributed by atoms with Crippen LogP contribution in [0, 0.1) is 17.8 Å². The van der Waals surface area contributed by atoms with E-state index in [1.807, 2.05) is 29.2 Å². The first-order valence-electron chi connectivity index (χ1n) is 17.1. The first-order valence-corrected chi connectivity index (χ1v) is 17.4. The SMILES string of the molecule is COc1cc(C(=O)N2C[C@H]3CC[C@@H]2[C@@H]3N)cc2nc(-c3cc4ccc(Cl)cc4n3CC3CC3)n(CC3CN(c4ccnc(C(N)=O)n4)C3)c12. The van der Waals surface area contributed by atoms with Gasteiger partial charge in [0.1, 0.15) is 17.1 Å². The molecule has 2 aromatic carbocycles. The summed E-state index contributed by atoms with van der Waals surface area (Å²) in [5.41, 5.74) is 16.1. The maximum atomic E-state index is 14.0. The van der Waals surface area contributed by atoms with Gasteiger partial charge < -0.3 is 35.1 Å². The van der Waals surface area contributed by atoms with Gasteiger partial charge in [-0.2, -0.15) is 0 Å². The van der Waals surface area contributed by atoms with Crippen molar-refractivity contribution in [1.29, 1.82) is 0 Å². The number of hydrogen-bond acceptors (Lipinski definition) is 8. The first kappa shape index (κ1) is 30.4. The number of halogens is 1. The summed E-state index contributed by atoms with van der Waals surface area (Å²) in [7, 11) is 1.65. The van der Waals surface area contributed by atoms with Gasteiger partial charge in [0.15, 0.2) is 5.82 Å². The summed E-state index contributed by atoms with van der Waals surface area (Å²) in [4.78, 5) is 43.4. The number of benzene rings is 2. The van der Waals surface area contributed by atoms with Gasteiger partial charge in [0, 0.05) is 72.9 Å². The average Bonchev–Trinajstić information content (AvgIpc) is 3.46. The van der Waals surface area contributed by atoms with Crippen molar-refractivity contribution in [3.8, 4) is 17.3 Å². The Hall–Kier alpha value is -4.68. The minimum absolute atomic E-state index is 0.00580. The third-order valence-corrected chi connectivity index (χ3v) is 11.2. The predicted octanol–water partition coefficient (Wildman–Crippen LogP) is 4.32. The van der Waals surface area contributed by atoms with E-state index in [0.717, 1.165) is 60.4 Å². The Morgan fingerprint density at radius 1 is 0.959 bits per heavy atom. The van der Waals surface area contributed by atoms with E-state index >= 15 is 0 Å². The van der Waals surface area contributed by atoms with Crippen LogP contribution in [0.2, 0.25) is 5.02 Å². The highest BCUT2D eigenvalue weighted by molar-refractivity contribution is 6.31. The normalized spacial score (nSPS) is 22.0. The van der Waals surface area contributed by atoms with Crippen molar-refractivity contribution in [3.05, 3.63) is 65.1 Å². The standard InChI is InChI=1S/C36H38ClN9O3/c1-49-29-12-23(36(48)45-18-22-5-7-26(45)31(22)38)10-25-32(29)46(17-20-14-43(15-20)30-8-9-40-34(42-30)33(39)47)35(41-25)28-11-21-4-6-24(37)13-27(21)44(28)16-19-2-3-19/h4,6,8-13,19-20,22,26,31H,2-3,5,7,14-18,38H2,1H3,(H2,39,47)/t22-,26-,31-/m1/s1. The van der Waals surface area contributed by atoms with E-state index < -0.39 is 5.91 Å². The third-order valence-electron chi connectivity index (χ3n) is 11.0. The molecule has 0 spiro atoms. The molecule has 252 valence electrons. The molecule has 2 aliphatic heterocycles. The van der Waals surface area contributed by atoms with Crippen molar-refractivity contribution in [1.82, 2.24) is 29.0 Å².